The van der Waals surface area contributed by atoms with Gasteiger partial charge in [-0.3, -0.25) is 14.7 Å². The third-order valence-corrected chi connectivity index (χ3v) is 5.24. The third-order valence-electron chi connectivity index (χ3n) is 5.24. The average Bonchev–Trinajstić information content (AvgIpc) is 3.03. The standard InChI is InChI=1S/C24H29N3O3/c1-6-16(2)27-20-14-18(23(3,4)29)12-13-19(20)25-22(27)26-21(28)15-24(5,30)17-10-8-7-9-11-17/h7-14,29-30H,2,6,15H2,1,3-5H3,(H,25,26,28). The highest BCUT2D eigenvalue weighted by molar-refractivity contribution is 5.93. The summed E-state index contributed by atoms with van der Waals surface area (Å²) in [4.78, 5) is 17.3. The predicted molar refractivity (Wildman–Crippen MR) is 120 cm³/mol. The van der Waals surface area contributed by atoms with Gasteiger partial charge in [-0.2, -0.15) is 0 Å². The number of fused-ring (bicyclic) bond motifs is 1. The summed E-state index contributed by atoms with van der Waals surface area (Å²) in [5.74, 6) is -0.00867. The Morgan fingerprint density at radius 2 is 1.77 bits per heavy atom. The molecule has 0 fully saturated rings. The Morgan fingerprint density at radius 3 is 2.37 bits per heavy atom. The van der Waals surface area contributed by atoms with E-state index in [0.717, 1.165) is 16.8 Å². The van der Waals surface area contributed by atoms with Crippen molar-refractivity contribution in [1.29, 1.82) is 0 Å². The minimum absolute atomic E-state index is 0.117. The first kappa shape index (κ1) is 21.7. The second kappa shape index (κ2) is 8.05. The molecule has 1 atom stereocenters. The number of rotatable bonds is 7. The maximum absolute atomic E-state index is 12.8. The average molecular weight is 408 g/mol. The number of hydrogen-bond donors (Lipinski definition) is 3. The number of benzene rings is 2. The van der Waals surface area contributed by atoms with Crippen LogP contribution in [0, 0.1) is 0 Å². The van der Waals surface area contributed by atoms with Crippen LogP contribution in [0.5, 0.6) is 0 Å². The number of allylic oxidation sites excluding steroid dienone is 1. The highest BCUT2D eigenvalue weighted by Gasteiger charge is 2.28. The van der Waals surface area contributed by atoms with E-state index in [0.29, 0.717) is 23.4 Å². The Hall–Kier alpha value is -2.96. The molecule has 6 heteroatoms. The molecule has 0 saturated carbocycles. The Kier molecular flexibility index (Phi) is 5.83. The van der Waals surface area contributed by atoms with Gasteiger partial charge in [0.15, 0.2) is 0 Å². The van der Waals surface area contributed by atoms with Gasteiger partial charge in [0.2, 0.25) is 11.9 Å². The summed E-state index contributed by atoms with van der Waals surface area (Å²) in [6.07, 6.45) is 0.538. The molecule has 6 nitrogen and oxygen atoms in total. The summed E-state index contributed by atoms with van der Waals surface area (Å²) in [6.45, 7) is 11.1. The summed E-state index contributed by atoms with van der Waals surface area (Å²) in [6, 6.07) is 14.6. The monoisotopic (exact) mass is 407 g/mol. The van der Waals surface area contributed by atoms with Crippen molar-refractivity contribution in [3.8, 4) is 0 Å². The van der Waals surface area contributed by atoms with Crippen molar-refractivity contribution in [3.05, 3.63) is 66.2 Å². The van der Waals surface area contributed by atoms with E-state index >= 15 is 0 Å². The minimum atomic E-state index is -1.31. The van der Waals surface area contributed by atoms with E-state index in [4.69, 9.17) is 0 Å². The molecule has 0 spiro atoms. The fourth-order valence-corrected chi connectivity index (χ4v) is 3.40. The van der Waals surface area contributed by atoms with Gasteiger partial charge in [0, 0.05) is 5.70 Å². The Balaban J connectivity index is 1.95. The second-order valence-electron chi connectivity index (χ2n) is 8.32. The van der Waals surface area contributed by atoms with E-state index in [1.807, 2.05) is 43.3 Å². The zero-order valence-corrected chi connectivity index (χ0v) is 17.9. The van der Waals surface area contributed by atoms with Crippen LogP contribution in [0.1, 0.15) is 51.7 Å². The highest BCUT2D eigenvalue weighted by Crippen LogP contribution is 2.30. The molecule has 30 heavy (non-hydrogen) atoms. The molecule has 0 aliphatic carbocycles. The zero-order chi connectivity index (χ0) is 22.1. The molecule has 0 bridgehead atoms. The molecule has 3 rings (SSSR count). The molecular formula is C24H29N3O3. The summed E-state index contributed by atoms with van der Waals surface area (Å²) < 4.78 is 1.79. The van der Waals surface area contributed by atoms with Crippen molar-refractivity contribution in [2.75, 3.05) is 5.32 Å². The Labute approximate surface area is 176 Å². The van der Waals surface area contributed by atoms with Crippen molar-refractivity contribution in [1.82, 2.24) is 9.55 Å². The topological polar surface area (TPSA) is 87.4 Å². The van der Waals surface area contributed by atoms with Crippen LogP contribution in [0.2, 0.25) is 0 Å². The van der Waals surface area contributed by atoms with Crippen LogP contribution >= 0.6 is 0 Å². The van der Waals surface area contributed by atoms with Gasteiger partial charge >= 0.3 is 0 Å². The Morgan fingerprint density at radius 1 is 1.10 bits per heavy atom. The molecule has 0 aliphatic heterocycles. The molecule has 1 amide bonds. The van der Waals surface area contributed by atoms with Crippen molar-refractivity contribution >= 4 is 28.6 Å². The lowest BCUT2D eigenvalue weighted by molar-refractivity contribution is -0.120. The van der Waals surface area contributed by atoms with Crippen LogP contribution < -0.4 is 5.32 Å². The van der Waals surface area contributed by atoms with Gasteiger partial charge in [0.1, 0.15) is 0 Å². The molecule has 2 aromatic carbocycles. The third kappa shape index (κ3) is 4.45. The Bertz CT molecular complexity index is 1080. The van der Waals surface area contributed by atoms with E-state index in [1.54, 1.807) is 37.5 Å². The molecular weight excluding hydrogens is 378 g/mol. The van der Waals surface area contributed by atoms with Gasteiger partial charge in [-0.15, -0.1) is 0 Å². The molecule has 0 saturated heterocycles. The first-order valence-electron chi connectivity index (χ1n) is 10.0. The van der Waals surface area contributed by atoms with E-state index < -0.39 is 11.2 Å². The second-order valence-corrected chi connectivity index (χ2v) is 8.32. The van der Waals surface area contributed by atoms with Crippen molar-refractivity contribution in [3.63, 3.8) is 0 Å². The molecule has 1 heterocycles. The van der Waals surface area contributed by atoms with E-state index in [9.17, 15) is 15.0 Å². The van der Waals surface area contributed by atoms with Crippen molar-refractivity contribution in [2.24, 2.45) is 0 Å². The zero-order valence-electron chi connectivity index (χ0n) is 17.9. The first-order chi connectivity index (χ1) is 14.0. The van der Waals surface area contributed by atoms with Gasteiger partial charge in [0.25, 0.3) is 0 Å². The molecule has 0 radical (unpaired) electrons. The number of anilines is 1. The van der Waals surface area contributed by atoms with Crippen LogP contribution in [0.3, 0.4) is 0 Å². The first-order valence-corrected chi connectivity index (χ1v) is 10.0. The minimum Gasteiger partial charge on any atom is -0.386 e. The van der Waals surface area contributed by atoms with E-state index in [2.05, 4.69) is 16.9 Å². The number of imidazole rings is 1. The van der Waals surface area contributed by atoms with E-state index in [1.165, 1.54) is 0 Å². The van der Waals surface area contributed by atoms with Crippen molar-refractivity contribution in [2.45, 2.75) is 51.7 Å². The quantitative estimate of drug-likeness (QED) is 0.542. The maximum Gasteiger partial charge on any atom is 0.229 e. The largest absolute Gasteiger partial charge is 0.386 e. The lowest BCUT2D eigenvalue weighted by Crippen LogP contribution is -2.29. The molecule has 3 aromatic rings. The predicted octanol–water partition coefficient (Wildman–Crippen LogP) is 4.38. The lowest BCUT2D eigenvalue weighted by atomic mass is 9.92. The van der Waals surface area contributed by atoms with Crippen LogP contribution in [-0.4, -0.2) is 25.7 Å². The number of carbonyl (C=O) groups is 1. The molecule has 1 unspecified atom stereocenters. The molecule has 1 aromatic heterocycles. The normalized spacial score (nSPS) is 13.8. The fraction of sp³-hybridized carbons (Fsp3) is 0.333. The number of aromatic nitrogens is 2. The number of nitrogens with one attached hydrogen (secondary N) is 1. The lowest BCUT2D eigenvalue weighted by Gasteiger charge is -2.23. The summed E-state index contributed by atoms with van der Waals surface area (Å²) in [5.41, 5.74) is 1.29. The van der Waals surface area contributed by atoms with Gasteiger partial charge in [0.05, 0.1) is 28.7 Å². The number of carbonyl (C=O) groups excluding carboxylic acids is 1. The van der Waals surface area contributed by atoms with Gasteiger partial charge in [-0.05, 0) is 50.5 Å². The van der Waals surface area contributed by atoms with Crippen LogP contribution in [0.15, 0.2) is 55.1 Å². The summed E-state index contributed by atoms with van der Waals surface area (Å²) in [5, 5.41) is 24.0. The maximum atomic E-state index is 12.8. The summed E-state index contributed by atoms with van der Waals surface area (Å²) in [7, 11) is 0. The van der Waals surface area contributed by atoms with Crippen molar-refractivity contribution < 1.29 is 15.0 Å². The van der Waals surface area contributed by atoms with Gasteiger partial charge in [-0.1, -0.05) is 49.9 Å². The fourth-order valence-electron chi connectivity index (χ4n) is 3.40. The summed E-state index contributed by atoms with van der Waals surface area (Å²) >= 11 is 0. The molecule has 158 valence electrons. The number of aliphatic hydroxyl groups is 2. The smallest absolute Gasteiger partial charge is 0.229 e. The van der Waals surface area contributed by atoms with Crippen LogP contribution in [0.25, 0.3) is 16.7 Å². The number of nitrogens with zero attached hydrogens (tertiary/aromatic N) is 2. The van der Waals surface area contributed by atoms with E-state index in [-0.39, 0.29) is 12.3 Å². The number of hydrogen-bond acceptors (Lipinski definition) is 4. The van der Waals surface area contributed by atoms with Gasteiger partial charge in [-0.25, -0.2) is 4.98 Å². The SMILES string of the molecule is C=C(CC)n1c(NC(=O)CC(C)(O)c2ccccc2)nc2ccc(C(C)(C)O)cc21. The molecule has 0 aliphatic rings. The highest BCUT2D eigenvalue weighted by atomic mass is 16.3. The van der Waals surface area contributed by atoms with Crippen LogP contribution in [0.4, 0.5) is 5.95 Å². The number of amides is 1. The van der Waals surface area contributed by atoms with Gasteiger partial charge < -0.3 is 10.2 Å². The van der Waals surface area contributed by atoms with Crippen LogP contribution in [-0.2, 0) is 16.0 Å². The molecule has 3 N–H and O–H groups in total.